The van der Waals surface area contributed by atoms with Gasteiger partial charge in [0.1, 0.15) is 0 Å². The second kappa shape index (κ2) is 7.38. The molecular formula is C15H29NO. The Morgan fingerprint density at radius 3 is 2.18 bits per heavy atom. The van der Waals surface area contributed by atoms with E-state index in [9.17, 15) is 5.11 Å². The first-order valence-corrected chi connectivity index (χ1v) is 7.79. The van der Waals surface area contributed by atoms with Gasteiger partial charge >= 0.3 is 0 Å². The molecule has 2 N–H and O–H groups in total. The van der Waals surface area contributed by atoms with Crippen molar-refractivity contribution in [2.45, 2.75) is 82.8 Å². The Kier molecular flexibility index (Phi) is 5.79. The summed E-state index contributed by atoms with van der Waals surface area (Å²) in [6.45, 7) is 1.16. The quantitative estimate of drug-likeness (QED) is 0.736. The average molecular weight is 239 g/mol. The second-order valence-corrected chi connectivity index (χ2v) is 5.99. The molecule has 1 saturated heterocycles. The maximum atomic E-state index is 10.3. The molecule has 0 amide bonds. The smallest absolute Gasteiger partial charge is 0.0583 e. The third-order valence-electron chi connectivity index (χ3n) is 4.65. The summed E-state index contributed by atoms with van der Waals surface area (Å²) in [4.78, 5) is 0. The van der Waals surface area contributed by atoms with Crippen LogP contribution < -0.4 is 5.32 Å². The van der Waals surface area contributed by atoms with E-state index in [1.165, 1.54) is 64.2 Å². The minimum Gasteiger partial charge on any atom is -0.393 e. The summed E-state index contributed by atoms with van der Waals surface area (Å²) >= 11 is 0. The number of aliphatic hydroxyl groups is 1. The Balaban J connectivity index is 1.90. The highest BCUT2D eigenvalue weighted by Gasteiger charge is 2.28. The molecule has 0 radical (unpaired) electrons. The maximum Gasteiger partial charge on any atom is 0.0583 e. The van der Waals surface area contributed by atoms with E-state index in [1.807, 2.05) is 0 Å². The molecule has 0 spiro atoms. The van der Waals surface area contributed by atoms with Crippen LogP contribution in [0.25, 0.3) is 0 Å². The first-order valence-electron chi connectivity index (χ1n) is 7.79. The number of hydrogen-bond donors (Lipinski definition) is 2. The van der Waals surface area contributed by atoms with Gasteiger partial charge in [-0.2, -0.15) is 0 Å². The molecule has 1 aliphatic heterocycles. The van der Waals surface area contributed by atoms with Crippen LogP contribution in [0.4, 0.5) is 0 Å². The largest absolute Gasteiger partial charge is 0.393 e. The van der Waals surface area contributed by atoms with Gasteiger partial charge in [-0.25, -0.2) is 0 Å². The number of hydrogen-bond acceptors (Lipinski definition) is 2. The molecular weight excluding hydrogens is 210 g/mol. The number of aliphatic hydroxyl groups excluding tert-OH is 1. The molecule has 17 heavy (non-hydrogen) atoms. The van der Waals surface area contributed by atoms with Gasteiger partial charge in [-0.15, -0.1) is 0 Å². The number of nitrogens with one attached hydrogen (secondary N) is 1. The zero-order valence-electron chi connectivity index (χ0n) is 11.2. The molecule has 100 valence electrons. The summed E-state index contributed by atoms with van der Waals surface area (Å²) < 4.78 is 0. The Hall–Kier alpha value is -0.0800. The molecule has 0 bridgehead atoms. The predicted molar refractivity (Wildman–Crippen MR) is 72.1 cm³/mol. The molecule has 0 aromatic rings. The second-order valence-electron chi connectivity index (χ2n) is 5.99. The fourth-order valence-corrected chi connectivity index (χ4v) is 3.56. The zero-order valence-corrected chi connectivity index (χ0v) is 11.2. The topological polar surface area (TPSA) is 32.3 Å². The summed E-state index contributed by atoms with van der Waals surface area (Å²) in [5.74, 6) is 0.522. The minimum absolute atomic E-state index is 0.0489. The average Bonchev–Trinajstić information content (AvgIpc) is 2.26. The van der Waals surface area contributed by atoms with Gasteiger partial charge in [-0.05, 0) is 32.2 Å². The van der Waals surface area contributed by atoms with E-state index in [0.29, 0.717) is 12.0 Å². The van der Waals surface area contributed by atoms with Gasteiger partial charge in [0.2, 0.25) is 0 Å². The van der Waals surface area contributed by atoms with Gasteiger partial charge in [0.05, 0.1) is 6.10 Å². The fourth-order valence-electron chi connectivity index (χ4n) is 3.56. The third-order valence-corrected chi connectivity index (χ3v) is 4.65. The van der Waals surface area contributed by atoms with Gasteiger partial charge in [0.15, 0.2) is 0 Å². The highest BCUT2D eigenvalue weighted by Crippen LogP contribution is 2.28. The Bertz CT molecular complexity index is 199. The minimum atomic E-state index is -0.0489. The first-order chi connectivity index (χ1) is 8.38. The van der Waals surface area contributed by atoms with Crippen LogP contribution in [0.3, 0.4) is 0 Å². The maximum absolute atomic E-state index is 10.3. The molecule has 3 unspecified atom stereocenters. The molecule has 1 aliphatic carbocycles. The van der Waals surface area contributed by atoms with E-state index >= 15 is 0 Å². The Labute approximate surface area is 106 Å². The van der Waals surface area contributed by atoms with Crippen LogP contribution in [0.1, 0.15) is 70.6 Å². The van der Waals surface area contributed by atoms with Gasteiger partial charge in [-0.1, -0.05) is 44.9 Å². The van der Waals surface area contributed by atoms with Crippen molar-refractivity contribution in [2.24, 2.45) is 5.92 Å². The normalized spacial score (nSPS) is 37.6. The van der Waals surface area contributed by atoms with Crippen molar-refractivity contribution >= 4 is 0 Å². The fraction of sp³-hybridized carbons (Fsp3) is 1.00. The molecule has 0 aromatic carbocycles. The molecule has 1 saturated carbocycles. The van der Waals surface area contributed by atoms with Crippen molar-refractivity contribution in [3.05, 3.63) is 0 Å². The lowest BCUT2D eigenvalue weighted by molar-refractivity contribution is 0.0578. The molecule has 1 heterocycles. The van der Waals surface area contributed by atoms with Gasteiger partial charge in [0.25, 0.3) is 0 Å². The molecule has 3 atom stereocenters. The standard InChI is InChI=1S/C15H29NO/c17-15-11-7-2-1-5-9-13(15)14-10-6-3-4-8-12-16-14/h13-17H,1-12H2. The monoisotopic (exact) mass is 239 g/mol. The summed E-state index contributed by atoms with van der Waals surface area (Å²) in [6.07, 6.45) is 14.2. The summed E-state index contributed by atoms with van der Waals surface area (Å²) in [7, 11) is 0. The van der Waals surface area contributed by atoms with Crippen molar-refractivity contribution in [1.29, 1.82) is 0 Å². The van der Waals surface area contributed by atoms with E-state index in [2.05, 4.69) is 5.32 Å². The van der Waals surface area contributed by atoms with Crippen LogP contribution in [0.15, 0.2) is 0 Å². The van der Waals surface area contributed by atoms with Crippen LogP contribution in [0, 0.1) is 5.92 Å². The van der Waals surface area contributed by atoms with Crippen molar-refractivity contribution < 1.29 is 5.11 Å². The lowest BCUT2D eigenvalue weighted by Crippen LogP contribution is -2.43. The third kappa shape index (κ3) is 4.26. The van der Waals surface area contributed by atoms with Crippen LogP contribution in [-0.4, -0.2) is 23.8 Å². The molecule has 2 aliphatic rings. The lowest BCUT2D eigenvalue weighted by atomic mass is 9.81. The van der Waals surface area contributed by atoms with E-state index in [0.717, 1.165) is 13.0 Å². The molecule has 0 aromatic heterocycles. The summed E-state index contributed by atoms with van der Waals surface area (Å²) in [6, 6.07) is 0.586. The van der Waals surface area contributed by atoms with Gasteiger partial charge in [0, 0.05) is 12.0 Å². The number of rotatable bonds is 1. The molecule has 2 fully saturated rings. The molecule has 2 rings (SSSR count). The van der Waals surface area contributed by atoms with Crippen LogP contribution >= 0.6 is 0 Å². The zero-order chi connectivity index (χ0) is 11.9. The predicted octanol–water partition coefficient (Wildman–Crippen LogP) is 3.24. The van der Waals surface area contributed by atoms with E-state index in [-0.39, 0.29) is 6.10 Å². The van der Waals surface area contributed by atoms with Crippen LogP contribution in [-0.2, 0) is 0 Å². The molecule has 2 nitrogen and oxygen atoms in total. The van der Waals surface area contributed by atoms with Crippen molar-refractivity contribution in [2.75, 3.05) is 6.54 Å². The molecule has 2 heteroatoms. The Morgan fingerprint density at radius 2 is 1.35 bits per heavy atom. The first kappa shape index (κ1) is 13.4. The highest BCUT2D eigenvalue weighted by atomic mass is 16.3. The van der Waals surface area contributed by atoms with Gasteiger partial charge < -0.3 is 10.4 Å². The van der Waals surface area contributed by atoms with Crippen molar-refractivity contribution in [1.82, 2.24) is 5.32 Å². The van der Waals surface area contributed by atoms with Gasteiger partial charge in [-0.3, -0.25) is 0 Å². The van der Waals surface area contributed by atoms with E-state index < -0.39 is 0 Å². The van der Waals surface area contributed by atoms with Crippen LogP contribution in [0.5, 0.6) is 0 Å². The van der Waals surface area contributed by atoms with Crippen LogP contribution in [0.2, 0.25) is 0 Å². The summed E-state index contributed by atoms with van der Waals surface area (Å²) in [5, 5.41) is 14.1. The van der Waals surface area contributed by atoms with E-state index in [1.54, 1.807) is 0 Å². The SMILES string of the molecule is OC1CCCCCCC1C1CCCCCCN1. The van der Waals surface area contributed by atoms with Crippen molar-refractivity contribution in [3.8, 4) is 0 Å². The van der Waals surface area contributed by atoms with E-state index in [4.69, 9.17) is 0 Å². The summed E-state index contributed by atoms with van der Waals surface area (Å²) in [5.41, 5.74) is 0. The van der Waals surface area contributed by atoms with Crippen molar-refractivity contribution in [3.63, 3.8) is 0 Å². The lowest BCUT2D eigenvalue weighted by Gasteiger charge is -2.34. The Morgan fingerprint density at radius 1 is 0.706 bits per heavy atom. The highest BCUT2D eigenvalue weighted by molar-refractivity contribution is 4.84.